The maximum absolute atomic E-state index is 9.64. The monoisotopic (exact) mass is 181 g/mol. The van der Waals surface area contributed by atoms with E-state index < -0.39 is 0 Å². The van der Waals surface area contributed by atoms with Gasteiger partial charge in [0.1, 0.15) is 11.5 Å². The maximum atomic E-state index is 9.64. The standard InChI is InChI=1S/C10H15NO2/c1-5(2)8-7(12)4-6(3)9(11)10(8)13/h4-5,12-13H,11H2,1-3H3. The molecule has 0 bridgehead atoms. The lowest BCUT2D eigenvalue weighted by Gasteiger charge is -2.14. The van der Waals surface area contributed by atoms with Gasteiger partial charge >= 0.3 is 0 Å². The molecule has 0 aliphatic heterocycles. The van der Waals surface area contributed by atoms with Crippen LogP contribution in [-0.4, -0.2) is 10.2 Å². The summed E-state index contributed by atoms with van der Waals surface area (Å²) < 4.78 is 0. The largest absolute Gasteiger partial charge is 0.508 e. The highest BCUT2D eigenvalue weighted by atomic mass is 16.3. The highest BCUT2D eigenvalue weighted by Crippen LogP contribution is 2.39. The first-order chi connectivity index (χ1) is 5.95. The second kappa shape index (κ2) is 3.17. The Balaban J connectivity index is 3.44. The number of phenolic OH excluding ortho intramolecular Hbond substituents is 2. The van der Waals surface area contributed by atoms with Crippen molar-refractivity contribution in [3.05, 3.63) is 17.2 Å². The zero-order valence-electron chi connectivity index (χ0n) is 8.13. The van der Waals surface area contributed by atoms with Gasteiger partial charge in [-0.1, -0.05) is 13.8 Å². The van der Waals surface area contributed by atoms with Crippen molar-refractivity contribution in [3.63, 3.8) is 0 Å². The molecule has 0 spiro atoms. The van der Waals surface area contributed by atoms with Crippen molar-refractivity contribution in [2.75, 3.05) is 5.73 Å². The quantitative estimate of drug-likeness (QED) is 0.353. The second-order valence-corrected chi connectivity index (χ2v) is 3.54. The van der Waals surface area contributed by atoms with E-state index in [-0.39, 0.29) is 17.4 Å². The van der Waals surface area contributed by atoms with E-state index in [0.29, 0.717) is 16.8 Å². The molecule has 0 saturated heterocycles. The molecule has 3 heteroatoms. The predicted octanol–water partition coefficient (Wildman–Crippen LogP) is 2.11. The summed E-state index contributed by atoms with van der Waals surface area (Å²) in [4.78, 5) is 0. The van der Waals surface area contributed by atoms with E-state index >= 15 is 0 Å². The van der Waals surface area contributed by atoms with Crippen molar-refractivity contribution in [2.24, 2.45) is 0 Å². The second-order valence-electron chi connectivity index (χ2n) is 3.54. The minimum atomic E-state index is 0.00694. The molecular weight excluding hydrogens is 166 g/mol. The normalized spacial score (nSPS) is 10.8. The van der Waals surface area contributed by atoms with Crippen molar-refractivity contribution in [3.8, 4) is 11.5 Å². The van der Waals surface area contributed by atoms with Crippen LogP contribution in [0.4, 0.5) is 5.69 Å². The molecule has 0 aromatic heterocycles. The van der Waals surface area contributed by atoms with Crippen LogP contribution < -0.4 is 5.73 Å². The first-order valence-corrected chi connectivity index (χ1v) is 4.26. The van der Waals surface area contributed by atoms with E-state index in [4.69, 9.17) is 5.73 Å². The molecule has 1 aromatic rings. The van der Waals surface area contributed by atoms with Gasteiger partial charge in [0.25, 0.3) is 0 Å². The van der Waals surface area contributed by atoms with Crippen molar-refractivity contribution >= 4 is 5.69 Å². The fraction of sp³-hybridized carbons (Fsp3) is 0.400. The van der Waals surface area contributed by atoms with Gasteiger partial charge in [0, 0.05) is 5.56 Å². The summed E-state index contributed by atoms with van der Waals surface area (Å²) in [6.45, 7) is 5.53. The third kappa shape index (κ3) is 1.54. The fourth-order valence-corrected chi connectivity index (χ4v) is 1.38. The number of aryl methyl sites for hydroxylation is 1. The van der Waals surface area contributed by atoms with Gasteiger partial charge in [-0.25, -0.2) is 0 Å². The van der Waals surface area contributed by atoms with Crippen molar-refractivity contribution < 1.29 is 10.2 Å². The molecule has 72 valence electrons. The van der Waals surface area contributed by atoms with Crippen LogP contribution in [0.25, 0.3) is 0 Å². The minimum Gasteiger partial charge on any atom is -0.508 e. The first kappa shape index (κ1) is 9.71. The number of rotatable bonds is 1. The van der Waals surface area contributed by atoms with Crippen LogP contribution in [-0.2, 0) is 0 Å². The van der Waals surface area contributed by atoms with Gasteiger partial charge < -0.3 is 15.9 Å². The Bertz CT molecular complexity index is 332. The maximum Gasteiger partial charge on any atom is 0.145 e. The molecule has 0 amide bonds. The average molecular weight is 181 g/mol. The van der Waals surface area contributed by atoms with Crippen molar-refractivity contribution in [2.45, 2.75) is 26.7 Å². The van der Waals surface area contributed by atoms with Crippen LogP contribution >= 0.6 is 0 Å². The van der Waals surface area contributed by atoms with Gasteiger partial charge in [0.2, 0.25) is 0 Å². The molecule has 0 radical (unpaired) electrons. The Morgan fingerprint density at radius 1 is 1.31 bits per heavy atom. The van der Waals surface area contributed by atoms with Gasteiger partial charge in [-0.2, -0.15) is 0 Å². The topological polar surface area (TPSA) is 66.5 Å². The van der Waals surface area contributed by atoms with Gasteiger partial charge in [-0.3, -0.25) is 0 Å². The Hall–Kier alpha value is -1.38. The van der Waals surface area contributed by atoms with E-state index in [2.05, 4.69) is 0 Å². The van der Waals surface area contributed by atoms with Gasteiger partial charge in [0.15, 0.2) is 0 Å². The smallest absolute Gasteiger partial charge is 0.145 e. The summed E-state index contributed by atoms with van der Waals surface area (Å²) in [5, 5.41) is 19.2. The highest BCUT2D eigenvalue weighted by molar-refractivity contribution is 5.65. The lowest BCUT2D eigenvalue weighted by Crippen LogP contribution is -1.96. The molecule has 0 aliphatic rings. The predicted molar refractivity (Wildman–Crippen MR) is 53.0 cm³/mol. The highest BCUT2D eigenvalue weighted by Gasteiger charge is 2.15. The van der Waals surface area contributed by atoms with E-state index in [1.165, 1.54) is 0 Å². The van der Waals surface area contributed by atoms with Crippen LogP contribution in [0, 0.1) is 6.92 Å². The Morgan fingerprint density at radius 3 is 2.31 bits per heavy atom. The zero-order chi connectivity index (χ0) is 10.2. The molecule has 0 aliphatic carbocycles. The number of phenols is 2. The Labute approximate surface area is 77.8 Å². The summed E-state index contributed by atoms with van der Waals surface area (Å²) in [7, 11) is 0. The number of nitrogen functional groups attached to an aromatic ring is 1. The van der Waals surface area contributed by atoms with Crippen LogP contribution in [0.1, 0.15) is 30.9 Å². The van der Waals surface area contributed by atoms with Crippen LogP contribution in [0.2, 0.25) is 0 Å². The number of anilines is 1. The van der Waals surface area contributed by atoms with E-state index in [1.54, 1.807) is 13.0 Å². The third-order valence-corrected chi connectivity index (χ3v) is 2.14. The van der Waals surface area contributed by atoms with E-state index in [9.17, 15) is 10.2 Å². The molecule has 0 saturated carbocycles. The summed E-state index contributed by atoms with van der Waals surface area (Å²) in [5.74, 6) is 0.176. The van der Waals surface area contributed by atoms with Crippen LogP contribution in [0.3, 0.4) is 0 Å². The van der Waals surface area contributed by atoms with Crippen LogP contribution in [0.5, 0.6) is 11.5 Å². The van der Waals surface area contributed by atoms with Gasteiger partial charge in [-0.05, 0) is 24.5 Å². The summed E-state index contributed by atoms with van der Waals surface area (Å²) in [6, 6.07) is 1.57. The number of hydrogen-bond donors (Lipinski definition) is 3. The molecular formula is C10H15NO2. The molecule has 3 nitrogen and oxygen atoms in total. The van der Waals surface area contributed by atoms with Gasteiger partial charge in [0.05, 0.1) is 5.69 Å². The molecule has 4 N–H and O–H groups in total. The first-order valence-electron chi connectivity index (χ1n) is 4.26. The van der Waals surface area contributed by atoms with Gasteiger partial charge in [-0.15, -0.1) is 0 Å². The molecule has 0 atom stereocenters. The Kier molecular flexibility index (Phi) is 2.36. The number of benzene rings is 1. The molecule has 1 rings (SSSR count). The summed E-state index contributed by atoms with van der Waals surface area (Å²) in [5.41, 5.74) is 7.19. The number of nitrogens with two attached hydrogens (primary N) is 1. The zero-order valence-corrected chi connectivity index (χ0v) is 8.13. The van der Waals surface area contributed by atoms with E-state index in [0.717, 1.165) is 0 Å². The lowest BCUT2D eigenvalue weighted by molar-refractivity contribution is 0.434. The van der Waals surface area contributed by atoms with E-state index in [1.807, 2.05) is 13.8 Å². The minimum absolute atomic E-state index is 0.00694. The third-order valence-electron chi connectivity index (χ3n) is 2.14. The summed E-state index contributed by atoms with van der Waals surface area (Å²) in [6.07, 6.45) is 0. The lowest BCUT2D eigenvalue weighted by atomic mass is 9.98. The van der Waals surface area contributed by atoms with Crippen molar-refractivity contribution in [1.29, 1.82) is 0 Å². The molecule has 1 aromatic carbocycles. The van der Waals surface area contributed by atoms with Crippen LogP contribution in [0.15, 0.2) is 6.07 Å². The number of aromatic hydroxyl groups is 2. The molecule has 0 unspecified atom stereocenters. The number of hydrogen-bond acceptors (Lipinski definition) is 3. The SMILES string of the molecule is Cc1cc(O)c(C(C)C)c(O)c1N. The molecule has 13 heavy (non-hydrogen) atoms. The molecule has 0 fully saturated rings. The summed E-state index contributed by atoms with van der Waals surface area (Å²) >= 11 is 0. The Morgan fingerprint density at radius 2 is 1.85 bits per heavy atom. The fourth-order valence-electron chi connectivity index (χ4n) is 1.38. The average Bonchev–Trinajstić information content (AvgIpc) is 1.99. The van der Waals surface area contributed by atoms with Crippen molar-refractivity contribution in [1.82, 2.24) is 0 Å². The molecule has 0 heterocycles.